The summed E-state index contributed by atoms with van der Waals surface area (Å²) in [6.45, 7) is 14.9. The second kappa shape index (κ2) is 25.6. The molecule has 0 radical (unpaired) electrons. The molecule has 12 unspecified atom stereocenters. The highest BCUT2D eigenvalue weighted by Gasteiger charge is 2.63. The van der Waals surface area contributed by atoms with Gasteiger partial charge in [-0.05, 0) is 172 Å². The third-order valence-electron chi connectivity index (χ3n) is 20.9. The van der Waals surface area contributed by atoms with Crippen LogP contribution in [-0.4, -0.2) is 0 Å². The molecule has 0 aliphatic heterocycles. The number of fused-ring (bicyclic) bond motifs is 6. The maximum atomic E-state index is 2.67. The lowest BCUT2D eigenvalue weighted by atomic mass is 9.55. The molecule has 6 saturated carbocycles. The molecule has 0 aromatic carbocycles. The van der Waals surface area contributed by atoms with Gasteiger partial charge in [0.25, 0.3) is 0 Å². The molecule has 0 amide bonds. The Hall–Kier alpha value is 0. The van der Waals surface area contributed by atoms with Crippen LogP contribution in [0.1, 0.15) is 298 Å². The largest absolute Gasteiger partial charge is 0.0654 e. The van der Waals surface area contributed by atoms with E-state index in [1.54, 1.807) is 128 Å². The second-order valence-electron chi connectivity index (χ2n) is 24.6. The summed E-state index contributed by atoms with van der Waals surface area (Å²) >= 11 is 0. The van der Waals surface area contributed by atoms with Crippen LogP contribution in [0.25, 0.3) is 0 Å². The molecule has 6 aliphatic rings. The molecule has 0 saturated heterocycles. The van der Waals surface area contributed by atoms with Gasteiger partial charge < -0.3 is 0 Å². The Labute approximate surface area is 378 Å². The molecule has 0 aromatic heterocycles. The van der Waals surface area contributed by atoms with E-state index in [0.29, 0.717) is 10.8 Å². The molecule has 350 valence electrons. The topological polar surface area (TPSA) is 0 Å². The van der Waals surface area contributed by atoms with Crippen LogP contribution in [0.15, 0.2) is 0 Å². The van der Waals surface area contributed by atoms with Gasteiger partial charge in [-0.15, -0.1) is 0 Å². The van der Waals surface area contributed by atoms with Crippen LogP contribution in [0, 0.1) is 81.8 Å². The van der Waals surface area contributed by atoms with Crippen LogP contribution in [0.4, 0.5) is 0 Å². The van der Waals surface area contributed by atoms with Gasteiger partial charge in [0.15, 0.2) is 0 Å². The van der Waals surface area contributed by atoms with Crippen molar-refractivity contribution in [2.45, 2.75) is 298 Å². The molecule has 0 bridgehead atoms. The van der Waals surface area contributed by atoms with Crippen molar-refractivity contribution in [1.82, 2.24) is 0 Å². The third kappa shape index (κ3) is 12.3. The normalized spacial score (nSPS) is 35.5. The zero-order valence-corrected chi connectivity index (χ0v) is 42.2. The van der Waals surface area contributed by atoms with Crippen molar-refractivity contribution < 1.29 is 0 Å². The fraction of sp³-hybridized carbons (Fsp3) is 1.00. The minimum Gasteiger partial charge on any atom is -0.0654 e. The maximum absolute atomic E-state index is 2.67. The number of rotatable bonds is 29. The summed E-state index contributed by atoms with van der Waals surface area (Å²) in [4.78, 5) is 0. The number of hydrogen-bond acceptors (Lipinski definition) is 0. The quantitative estimate of drug-likeness (QED) is 0.0659. The zero-order valence-electron chi connectivity index (χ0n) is 42.2. The van der Waals surface area contributed by atoms with Gasteiger partial charge in [-0.3, -0.25) is 0 Å². The molecule has 6 rings (SSSR count). The Balaban J connectivity index is 1.23. The van der Waals surface area contributed by atoms with Crippen molar-refractivity contribution >= 4 is 0 Å². The highest BCUT2D eigenvalue weighted by molar-refractivity contribution is 5.12. The second-order valence-corrected chi connectivity index (χ2v) is 24.6. The van der Waals surface area contributed by atoms with Crippen molar-refractivity contribution in [1.29, 1.82) is 0 Å². The van der Waals surface area contributed by atoms with E-state index in [2.05, 4.69) is 41.5 Å². The van der Waals surface area contributed by atoms with Crippen LogP contribution in [-0.2, 0) is 0 Å². The third-order valence-corrected chi connectivity index (χ3v) is 20.9. The van der Waals surface area contributed by atoms with Crippen molar-refractivity contribution in [3.8, 4) is 0 Å². The van der Waals surface area contributed by atoms with Gasteiger partial charge >= 0.3 is 0 Å². The molecule has 6 aliphatic carbocycles. The molecule has 0 heteroatoms. The molecule has 0 nitrogen and oxygen atoms in total. The van der Waals surface area contributed by atoms with E-state index in [-0.39, 0.29) is 0 Å². The van der Waals surface area contributed by atoms with Gasteiger partial charge in [0.05, 0.1) is 0 Å². The lowest BCUT2D eigenvalue weighted by Gasteiger charge is -2.50. The first-order valence-corrected chi connectivity index (χ1v) is 29.4. The van der Waals surface area contributed by atoms with E-state index >= 15 is 0 Å². The molecule has 0 N–H and O–H groups in total. The Morgan fingerprint density at radius 3 is 0.833 bits per heavy atom. The Morgan fingerprint density at radius 2 is 0.533 bits per heavy atom. The van der Waals surface area contributed by atoms with Crippen LogP contribution in [0.5, 0.6) is 0 Å². The average Bonchev–Trinajstić information content (AvgIpc) is 3.67. The van der Waals surface area contributed by atoms with E-state index < -0.39 is 0 Å². The summed E-state index contributed by atoms with van der Waals surface area (Å²) in [5.41, 5.74) is 1.38. The molecule has 6 fully saturated rings. The first-order valence-electron chi connectivity index (χ1n) is 29.4. The van der Waals surface area contributed by atoms with Gasteiger partial charge in [0.2, 0.25) is 0 Å². The van der Waals surface area contributed by atoms with Crippen LogP contribution in [0.3, 0.4) is 0 Å². The summed E-state index contributed by atoms with van der Waals surface area (Å²) in [6.07, 6.45) is 61.5. The van der Waals surface area contributed by atoms with Crippen LogP contribution >= 0.6 is 0 Å². The lowest BCUT2D eigenvalue weighted by molar-refractivity contribution is -0.00489. The Bertz CT molecular complexity index is 1010. The summed E-state index contributed by atoms with van der Waals surface area (Å²) < 4.78 is 0. The smallest absolute Gasteiger partial charge is 0.0235 e. The maximum Gasteiger partial charge on any atom is -0.0235 e. The molecular weight excluding hydrogens is 721 g/mol. The average molecular weight is 832 g/mol. The predicted molar refractivity (Wildman–Crippen MR) is 265 cm³/mol. The minimum absolute atomic E-state index is 0.688. The van der Waals surface area contributed by atoms with Gasteiger partial charge in [0, 0.05) is 0 Å². The zero-order chi connectivity index (χ0) is 42.2. The van der Waals surface area contributed by atoms with E-state index in [4.69, 9.17) is 0 Å². The Morgan fingerprint density at radius 1 is 0.283 bits per heavy atom. The van der Waals surface area contributed by atoms with Crippen molar-refractivity contribution in [2.75, 3.05) is 0 Å². The molecule has 0 aromatic rings. The van der Waals surface area contributed by atoms with E-state index in [0.717, 1.165) is 71.0 Å². The fourth-order valence-corrected chi connectivity index (χ4v) is 18.0. The molecule has 0 heterocycles. The highest BCUT2D eigenvalue weighted by atomic mass is 14.7. The van der Waals surface area contributed by atoms with Gasteiger partial charge in [-0.1, -0.05) is 208 Å². The summed E-state index contributed by atoms with van der Waals surface area (Å²) in [7, 11) is 0. The van der Waals surface area contributed by atoms with Crippen molar-refractivity contribution in [2.24, 2.45) is 81.8 Å². The van der Waals surface area contributed by atoms with E-state index in [9.17, 15) is 0 Å². The summed E-state index contributed by atoms with van der Waals surface area (Å²) in [6, 6.07) is 0. The summed E-state index contributed by atoms with van der Waals surface area (Å²) in [5.74, 6) is 12.7. The van der Waals surface area contributed by atoms with Gasteiger partial charge in [-0.25, -0.2) is 0 Å². The molecule has 12 atom stereocenters. The van der Waals surface area contributed by atoms with Gasteiger partial charge in [0.1, 0.15) is 0 Å². The SMILES string of the molecule is CCCCCCCCC1(CCCCCCCC)C2CC(C)CCC2C2CCC(C3CCC4C5CCC(C)CC5C(CCCCCCCC)(CCCCCCCC)C4C3)CC21. The number of hydrogen-bond donors (Lipinski definition) is 0. The number of unbranched alkanes of at least 4 members (excludes halogenated alkanes) is 20. The summed E-state index contributed by atoms with van der Waals surface area (Å²) in [5, 5.41) is 0. The predicted octanol–water partition coefficient (Wildman–Crippen LogP) is 20.2. The van der Waals surface area contributed by atoms with E-state index in [1.165, 1.54) is 128 Å². The Kier molecular flexibility index (Phi) is 21.1. The minimum atomic E-state index is 0.688. The van der Waals surface area contributed by atoms with Crippen molar-refractivity contribution in [3.05, 3.63) is 0 Å². The molecule has 60 heavy (non-hydrogen) atoms. The fourth-order valence-electron chi connectivity index (χ4n) is 18.0. The van der Waals surface area contributed by atoms with Crippen molar-refractivity contribution in [3.63, 3.8) is 0 Å². The van der Waals surface area contributed by atoms with Crippen LogP contribution < -0.4 is 0 Å². The van der Waals surface area contributed by atoms with Crippen LogP contribution in [0.2, 0.25) is 0 Å². The monoisotopic (exact) mass is 831 g/mol. The van der Waals surface area contributed by atoms with Gasteiger partial charge in [-0.2, -0.15) is 0 Å². The first-order chi connectivity index (χ1) is 29.4. The molecular formula is C60H110. The highest BCUT2D eigenvalue weighted by Crippen LogP contribution is 2.71. The molecule has 0 spiro atoms. The first kappa shape index (κ1) is 49.4. The lowest BCUT2D eigenvalue weighted by Crippen LogP contribution is -2.41. The van der Waals surface area contributed by atoms with E-state index in [1.807, 2.05) is 0 Å². The standard InChI is InChI=1S/C60H110/c1-7-11-15-19-23-27-39-59(40-28-24-20-16-12-8-2)55-43-47(5)31-35-51(55)53-37-33-49(45-57(53)59)50-34-38-54-52-36-32-48(6)44-56(52)60(58(54)46-50,41-29-25-21-17-13-9-3)42-30-26-22-18-14-10-4/h47-58H,7-46H2,1-6H3.